The fourth-order valence-corrected chi connectivity index (χ4v) is 5.87. The zero-order chi connectivity index (χ0) is 25.9. The number of piperazine rings is 1. The molecule has 12 heteroatoms. The quantitative estimate of drug-likeness (QED) is 0.465. The molecule has 4 heterocycles. The number of likely N-dealkylation sites (N-methyl/N-ethyl adjacent to an activating group) is 1. The van der Waals surface area contributed by atoms with E-state index in [1.165, 1.54) is 11.3 Å². The largest absolute Gasteiger partial charge is 0.495 e. The summed E-state index contributed by atoms with van der Waals surface area (Å²) in [6.07, 6.45) is 4.19. The fraction of sp³-hybridized carbons (Fsp3) is 0.440. The summed E-state index contributed by atoms with van der Waals surface area (Å²) in [5, 5.41) is 7.33. The minimum atomic E-state index is -0.0181. The van der Waals surface area contributed by atoms with Crippen molar-refractivity contribution in [3.8, 4) is 16.3 Å². The maximum Gasteiger partial charge on any atom is 0.227 e. The van der Waals surface area contributed by atoms with Crippen LogP contribution in [-0.4, -0.2) is 86.2 Å². The third kappa shape index (κ3) is 5.58. The number of anilines is 4. The first-order chi connectivity index (χ1) is 17.9. The van der Waals surface area contributed by atoms with Crippen molar-refractivity contribution < 1.29 is 9.53 Å². The Bertz CT molecular complexity index is 1260. The first-order valence-electron chi connectivity index (χ1n) is 12.3. The zero-order valence-electron chi connectivity index (χ0n) is 21.2. The van der Waals surface area contributed by atoms with Crippen molar-refractivity contribution in [2.75, 3.05) is 75.6 Å². The summed E-state index contributed by atoms with van der Waals surface area (Å²) in [6, 6.07) is 6.04. The lowest BCUT2D eigenvalue weighted by molar-refractivity contribution is -0.123. The molecule has 2 saturated heterocycles. The first kappa shape index (κ1) is 25.5. The summed E-state index contributed by atoms with van der Waals surface area (Å²) in [5.74, 6) is 1.29. The van der Waals surface area contributed by atoms with Crippen LogP contribution in [0.15, 0.2) is 30.6 Å². The number of carbonyl (C=O) groups excluding carboxylic acids is 1. The molecule has 2 aliphatic rings. The number of halogens is 1. The smallest absolute Gasteiger partial charge is 0.227 e. The third-order valence-electron chi connectivity index (χ3n) is 6.83. The van der Waals surface area contributed by atoms with Crippen molar-refractivity contribution in [1.29, 1.82) is 0 Å². The SMILES string of the molecule is CNC(=O)[C@H]1CCN(c2ncc(-c3nc(Nc4ccc(N5CCN(C)CC5)c(OC)c4)ncc3Cl)s2)C1. The number of nitrogens with one attached hydrogen (secondary N) is 2. The fourth-order valence-electron chi connectivity index (χ4n) is 4.67. The lowest BCUT2D eigenvalue weighted by Crippen LogP contribution is -2.44. The van der Waals surface area contributed by atoms with Crippen LogP contribution in [0.3, 0.4) is 0 Å². The topological polar surface area (TPSA) is 98.8 Å². The summed E-state index contributed by atoms with van der Waals surface area (Å²) in [7, 11) is 5.51. The van der Waals surface area contributed by atoms with Crippen molar-refractivity contribution >= 4 is 51.3 Å². The van der Waals surface area contributed by atoms with Crippen LogP contribution >= 0.6 is 22.9 Å². The second kappa shape index (κ2) is 11.1. The number of thiazole rings is 1. The highest BCUT2D eigenvalue weighted by atomic mass is 35.5. The molecule has 2 aliphatic heterocycles. The maximum absolute atomic E-state index is 12.0. The van der Waals surface area contributed by atoms with Gasteiger partial charge in [0.1, 0.15) is 11.4 Å². The van der Waals surface area contributed by atoms with E-state index in [0.717, 1.165) is 66.3 Å². The summed E-state index contributed by atoms with van der Waals surface area (Å²) < 4.78 is 5.70. The summed E-state index contributed by atoms with van der Waals surface area (Å²) in [6.45, 7) is 5.42. The Hall–Kier alpha value is -3.15. The van der Waals surface area contributed by atoms with Crippen molar-refractivity contribution in [3.05, 3.63) is 35.6 Å². The van der Waals surface area contributed by atoms with Gasteiger partial charge in [-0.05, 0) is 25.6 Å². The van der Waals surface area contributed by atoms with E-state index in [2.05, 4.69) is 53.4 Å². The van der Waals surface area contributed by atoms with Crippen LogP contribution in [0.5, 0.6) is 5.75 Å². The molecule has 0 aliphatic carbocycles. The van der Waals surface area contributed by atoms with Gasteiger partial charge >= 0.3 is 0 Å². The van der Waals surface area contributed by atoms with E-state index in [1.54, 1.807) is 26.6 Å². The summed E-state index contributed by atoms with van der Waals surface area (Å²) in [5.41, 5.74) is 2.52. The average Bonchev–Trinajstić information content (AvgIpc) is 3.60. The van der Waals surface area contributed by atoms with E-state index >= 15 is 0 Å². The average molecular weight is 543 g/mol. The van der Waals surface area contributed by atoms with Gasteiger partial charge in [-0.2, -0.15) is 0 Å². The molecule has 1 atom stereocenters. The Labute approximate surface area is 225 Å². The standard InChI is InChI=1S/C25H31ClN8O2S/c1-27-23(35)16-6-7-34(15-16)25-29-14-21(37-25)22-18(26)13-28-24(31-22)30-17-4-5-19(20(12-17)36-3)33-10-8-32(2)9-11-33/h4-5,12-14,16H,6-11,15H2,1-3H3,(H,27,35)(H,28,30,31)/t16-/m0/s1. The van der Waals surface area contributed by atoms with Gasteiger partial charge in [0.15, 0.2) is 5.13 Å². The van der Waals surface area contributed by atoms with Gasteiger partial charge in [0.05, 0.1) is 34.8 Å². The Kier molecular flexibility index (Phi) is 7.63. The number of nitrogens with zero attached hydrogens (tertiary/aromatic N) is 6. The van der Waals surface area contributed by atoms with Gasteiger partial charge < -0.3 is 30.1 Å². The van der Waals surface area contributed by atoms with E-state index in [0.29, 0.717) is 23.2 Å². The van der Waals surface area contributed by atoms with Gasteiger partial charge in [-0.25, -0.2) is 15.0 Å². The highest BCUT2D eigenvalue weighted by Gasteiger charge is 2.29. The summed E-state index contributed by atoms with van der Waals surface area (Å²) >= 11 is 7.99. The number of amides is 1. The zero-order valence-corrected chi connectivity index (χ0v) is 22.8. The number of hydrogen-bond acceptors (Lipinski definition) is 10. The van der Waals surface area contributed by atoms with Crippen LogP contribution in [0.2, 0.25) is 5.02 Å². The van der Waals surface area contributed by atoms with Gasteiger partial charge in [0.25, 0.3) is 0 Å². The molecule has 2 N–H and O–H groups in total. The Balaban J connectivity index is 1.31. The second-order valence-electron chi connectivity index (χ2n) is 9.25. The molecule has 0 spiro atoms. The van der Waals surface area contributed by atoms with Crippen molar-refractivity contribution in [1.82, 2.24) is 25.2 Å². The number of ether oxygens (including phenoxy) is 1. The lowest BCUT2D eigenvalue weighted by Gasteiger charge is -2.34. The van der Waals surface area contributed by atoms with Crippen molar-refractivity contribution in [2.24, 2.45) is 5.92 Å². The van der Waals surface area contributed by atoms with Gasteiger partial charge in [-0.1, -0.05) is 22.9 Å². The molecule has 196 valence electrons. The van der Waals surface area contributed by atoms with Crippen LogP contribution in [0.25, 0.3) is 10.6 Å². The molecule has 1 aromatic carbocycles. The van der Waals surface area contributed by atoms with Crippen LogP contribution in [0, 0.1) is 5.92 Å². The summed E-state index contributed by atoms with van der Waals surface area (Å²) in [4.78, 5) is 33.3. The van der Waals surface area contributed by atoms with Gasteiger partial charge in [-0.3, -0.25) is 4.79 Å². The molecule has 37 heavy (non-hydrogen) atoms. The molecule has 0 bridgehead atoms. The molecular weight excluding hydrogens is 512 g/mol. The molecule has 0 unspecified atom stereocenters. The predicted molar refractivity (Wildman–Crippen MR) is 149 cm³/mol. The normalized spacial score (nSPS) is 18.2. The molecule has 2 aromatic heterocycles. The Morgan fingerprint density at radius 3 is 2.70 bits per heavy atom. The molecule has 2 fully saturated rings. The lowest BCUT2D eigenvalue weighted by atomic mass is 10.1. The maximum atomic E-state index is 12.0. The third-order valence-corrected chi connectivity index (χ3v) is 8.17. The highest BCUT2D eigenvalue weighted by Crippen LogP contribution is 2.37. The van der Waals surface area contributed by atoms with Crippen molar-refractivity contribution in [2.45, 2.75) is 6.42 Å². The number of rotatable bonds is 7. The predicted octanol–water partition coefficient (Wildman–Crippen LogP) is 3.33. The first-order valence-corrected chi connectivity index (χ1v) is 13.5. The van der Waals surface area contributed by atoms with E-state index in [-0.39, 0.29) is 11.8 Å². The number of methoxy groups -OCH3 is 1. The molecule has 10 nitrogen and oxygen atoms in total. The van der Waals surface area contributed by atoms with E-state index < -0.39 is 0 Å². The van der Waals surface area contributed by atoms with Gasteiger partial charge in [-0.15, -0.1) is 0 Å². The van der Waals surface area contributed by atoms with Crippen molar-refractivity contribution in [3.63, 3.8) is 0 Å². The number of benzene rings is 1. The second-order valence-corrected chi connectivity index (χ2v) is 10.7. The Morgan fingerprint density at radius 2 is 1.95 bits per heavy atom. The van der Waals surface area contributed by atoms with Crippen LogP contribution < -0.4 is 25.2 Å². The Morgan fingerprint density at radius 1 is 1.14 bits per heavy atom. The van der Waals surface area contributed by atoms with Crippen LogP contribution in [-0.2, 0) is 4.79 Å². The van der Waals surface area contributed by atoms with Crippen LogP contribution in [0.1, 0.15) is 6.42 Å². The highest BCUT2D eigenvalue weighted by molar-refractivity contribution is 7.18. The monoisotopic (exact) mass is 542 g/mol. The van der Waals surface area contributed by atoms with E-state index in [9.17, 15) is 4.79 Å². The molecular formula is C25H31ClN8O2S. The molecule has 0 saturated carbocycles. The molecule has 0 radical (unpaired) electrons. The molecule has 5 rings (SSSR count). The number of aromatic nitrogens is 3. The number of carbonyl (C=O) groups is 1. The molecule has 3 aromatic rings. The van der Waals surface area contributed by atoms with Crippen LogP contribution in [0.4, 0.5) is 22.5 Å². The minimum Gasteiger partial charge on any atom is -0.495 e. The number of hydrogen-bond donors (Lipinski definition) is 2. The van der Waals surface area contributed by atoms with Gasteiger partial charge in [0, 0.05) is 64.3 Å². The van der Waals surface area contributed by atoms with Gasteiger partial charge in [0.2, 0.25) is 11.9 Å². The van der Waals surface area contributed by atoms with E-state index in [1.807, 2.05) is 12.1 Å². The molecule has 1 amide bonds. The minimum absolute atomic E-state index is 0.0181. The van der Waals surface area contributed by atoms with E-state index in [4.69, 9.17) is 16.3 Å².